The van der Waals surface area contributed by atoms with Gasteiger partial charge in [-0.1, -0.05) is 30.3 Å². The summed E-state index contributed by atoms with van der Waals surface area (Å²) < 4.78 is 22.2. The molecule has 2 heterocycles. The Kier molecular flexibility index (Phi) is 6.27. The quantitative estimate of drug-likeness (QED) is 0.587. The van der Waals surface area contributed by atoms with Crippen LogP contribution in [0.3, 0.4) is 0 Å². The number of pyridine rings is 1. The summed E-state index contributed by atoms with van der Waals surface area (Å²) in [5, 5.41) is 2.68. The first-order valence-electron chi connectivity index (χ1n) is 9.69. The van der Waals surface area contributed by atoms with Gasteiger partial charge in [-0.05, 0) is 36.4 Å². The Morgan fingerprint density at radius 3 is 2.61 bits per heavy atom. The van der Waals surface area contributed by atoms with Gasteiger partial charge in [-0.25, -0.2) is 9.78 Å². The van der Waals surface area contributed by atoms with E-state index in [2.05, 4.69) is 10.3 Å². The molecule has 0 bridgehead atoms. The minimum atomic E-state index is -0.708. The summed E-state index contributed by atoms with van der Waals surface area (Å²) in [7, 11) is 0. The average molecular weight is 420 g/mol. The van der Waals surface area contributed by atoms with Gasteiger partial charge in [0, 0.05) is 6.20 Å². The van der Waals surface area contributed by atoms with Crippen molar-refractivity contribution < 1.29 is 28.5 Å². The number of rotatable bonds is 7. The normalized spacial score (nSPS) is 14.4. The average Bonchev–Trinajstić information content (AvgIpc) is 2.82. The van der Waals surface area contributed by atoms with Crippen LogP contribution >= 0.6 is 0 Å². The topological polar surface area (TPSA) is 96.0 Å². The van der Waals surface area contributed by atoms with Crippen LogP contribution in [0.2, 0.25) is 0 Å². The third kappa shape index (κ3) is 5.30. The molecule has 0 saturated heterocycles. The number of amides is 1. The van der Waals surface area contributed by atoms with Gasteiger partial charge in [0.25, 0.3) is 5.91 Å². The number of aromatic nitrogens is 1. The van der Waals surface area contributed by atoms with Gasteiger partial charge in [0.1, 0.15) is 24.0 Å². The highest BCUT2D eigenvalue weighted by molar-refractivity contribution is 5.93. The smallest absolute Gasteiger partial charge is 0.344 e. The van der Waals surface area contributed by atoms with Crippen LogP contribution in [-0.2, 0) is 9.53 Å². The maximum absolute atomic E-state index is 12.4. The second-order valence-corrected chi connectivity index (χ2v) is 6.65. The summed E-state index contributed by atoms with van der Waals surface area (Å²) in [6, 6.07) is 19.4. The molecule has 2 aromatic carbocycles. The van der Waals surface area contributed by atoms with Crippen LogP contribution < -0.4 is 19.5 Å². The molecule has 158 valence electrons. The molecule has 1 unspecified atom stereocenters. The minimum Gasteiger partial charge on any atom is -0.486 e. The van der Waals surface area contributed by atoms with Crippen molar-refractivity contribution in [2.24, 2.45) is 0 Å². The van der Waals surface area contributed by atoms with Crippen molar-refractivity contribution in [3.05, 3.63) is 78.5 Å². The van der Waals surface area contributed by atoms with Gasteiger partial charge in [0.05, 0.1) is 6.54 Å². The lowest BCUT2D eigenvalue weighted by Gasteiger charge is -2.26. The van der Waals surface area contributed by atoms with E-state index >= 15 is 0 Å². The SMILES string of the molecule is O=C(COC(=O)c1cccnc1Oc1ccccc1)NCC1COc2ccccc2O1. The number of hydrogen-bond donors (Lipinski definition) is 1. The van der Waals surface area contributed by atoms with Gasteiger partial charge in [-0.3, -0.25) is 4.79 Å². The van der Waals surface area contributed by atoms with Gasteiger partial charge < -0.3 is 24.3 Å². The second kappa shape index (κ2) is 9.62. The predicted octanol–water partition coefficient (Wildman–Crippen LogP) is 2.99. The zero-order valence-electron chi connectivity index (χ0n) is 16.5. The van der Waals surface area contributed by atoms with Crippen molar-refractivity contribution in [3.8, 4) is 23.1 Å². The van der Waals surface area contributed by atoms with Gasteiger partial charge in [0.2, 0.25) is 5.88 Å². The number of ether oxygens (including phenoxy) is 4. The molecule has 1 N–H and O–H groups in total. The minimum absolute atomic E-state index is 0.102. The van der Waals surface area contributed by atoms with Gasteiger partial charge in [-0.2, -0.15) is 0 Å². The fourth-order valence-corrected chi connectivity index (χ4v) is 2.88. The molecule has 4 rings (SSSR count). The summed E-state index contributed by atoms with van der Waals surface area (Å²) in [5.41, 5.74) is 0.125. The molecule has 31 heavy (non-hydrogen) atoms. The molecule has 0 fully saturated rings. The molecule has 0 aliphatic carbocycles. The Balaban J connectivity index is 1.27. The third-order valence-corrected chi connectivity index (χ3v) is 4.38. The Bertz CT molecular complexity index is 1060. The number of carbonyl (C=O) groups excluding carboxylic acids is 2. The van der Waals surface area contributed by atoms with Gasteiger partial charge >= 0.3 is 5.97 Å². The van der Waals surface area contributed by atoms with Crippen molar-refractivity contribution in [2.45, 2.75) is 6.10 Å². The maximum Gasteiger partial charge on any atom is 0.344 e. The Morgan fingerprint density at radius 2 is 1.77 bits per heavy atom. The lowest BCUT2D eigenvalue weighted by atomic mass is 10.2. The van der Waals surface area contributed by atoms with Crippen LogP contribution in [0.1, 0.15) is 10.4 Å². The highest BCUT2D eigenvalue weighted by Crippen LogP contribution is 2.30. The molecule has 1 aliphatic rings. The molecule has 1 amide bonds. The zero-order chi connectivity index (χ0) is 21.5. The van der Waals surface area contributed by atoms with E-state index < -0.39 is 18.5 Å². The van der Waals surface area contributed by atoms with Gasteiger partial charge in [-0.15, -0.1) is 0 Å². The second-order valence-electron chi connectivity index (χ2n) is 6.65. The molecule has 1 aliphatic heterocycles. The molecule has 1 aromatic heterocycles. The van der Waals surface area contributed by atoms with E-state index in [0.29, 0.717) is 23.9 Å². The van der Waals surface area contributed by atoms with Crippen molar-refractivity contribution in [2.75, 3.05) is 19.8 Å². The summed E-state index contributed by atoms with van der Waals surface area (Å²) in [4.78, 5) is 28.6. The summed E-state index contributed by atoms with van der Waals surface area (Å²) in [6.07, 6.45) is 1.17. The van der Waals surface area contributed by atoms with E-state index in [1.54, 1.807) is 36.4 Å². The molecule has 1 atom stereocenters. The van der Waals surface area contributed by atoms with E-state index in [0.717, 1.165) is 0 Å². The van der Waals surface area contributed by atoms with Crippen LogP contribution in [0.5, 0.6) is 23.1 Å². The first-order chi connectivity index (χ1) is 15.2. The van der Waals surface area contributed by atoms with Crippen LogP contribution in [0.25, 0.3) is 0 Å². The maximum atomic E-state index is 12.4. The third-order valence-electron chi connectivity index (χ3n) is 4.38. The number of fused-ring (bicyclic) bond motifs is 1. The molecule has 0 radical (unpaired) electrons. The fourth-order valence-electron chi connectivity index (χ4n) is 2.88. The Hall–Kier alpha value is -4.07. The summed E-state index contributed by atoms with van der Waals surface area (Å²) in [5.74, 6) is 0.770. The lowest BCUT2D eigenvalue weighted by molar-refractivity contribution is -0.124. The van der Waals surface area contributed by atoms with Crippen molar-refractivity contribution >= 4 is 11.9 Å². The first-order valence-corrected chi connectivity index (χ1v) is 9.69. The van der Waals surface area contributed by atoms with Crippen LogP contribution in [-0.4, -0.2) is 42.7 Å². The van der Waals surface area contributed by atoms with Crippen LogP contribution in [0.15, 0.2) is 72.9 Å². The number of benzene rings is 2. The van der Waals surface area contributed by atoms with E-state index in [1.165, 1.54) is 12.3 Å². The number of para-hydroxylation sites is 3. The number of carbonyl (C=O) groups is 2. The Labute approximate surface area is 178 Å². The summed E-state index contributed by atoms with van der Waals surface area (Å²) >= 11 is 0. The standard InChI is InChI=1S/C23H20N2O6/c26-21(25-13-17-14-28-19-10-4-5-11-20(19)30-17)15-29-23(27)18-9-6-12-24-22(18)31-16-7-2-1-3-8-16/h1-12,17H,13-15H2,(H,25,26). The molecule has 8 heteroatoms. The highest BCUT2D eigenvalue weighted by atomic mass is 16.6. The largest absolute Gasteiger partial charge is 0.486 e. The van der Waals surface area contributed by atoms with E-state index in [4.69, 9.17) is 18.9 Å². The Morgan fingerprint density at radius 1 is 1.00 bits per heavy atom. The fraction of sp³-hybridized carbons (Fsp3) is 0.174. The van der Waals surface area contributed by atoms with Crippen molar-refractivity contribution in [1.82, 2.24) is 10.3 Å². The van der Waals surface area contributed by atoms with E-state index in [9.17, 15) is 9.59 Å². The monoisotopic (exact) mass is 420 g/mol. The van der Waals surface area contributed by atoms with Crippen molar-refractivity contribution in [1.29, 1.82) is 0 Å². The molecular formula is C23H20N2O6. The summed E-state index contributed by atoms with van der Waals surface area (Å²) in [6.45, 7) is 0.0929. The predicted molar refractivity (Wildman–Crippen MR) is 110 cm³/mol. The molecule has 0 spiro atoms. The van der Waals surface area contributed by atoms with Crippen LogP contribution in [0, 0.1) is 0 Å². The van der Waals surface area contributed by atoms with E-state index in [1.807, 2.05) is 24.3 Å². The van der Waals surface area contributed by atoms with Crippen LogP contribution in [0.4, 0.5) is 0 Å². The highest BCUT2D eigenvalue weighted by Gasteiger charge is 2.22. The number of nitrogens with zero attached hydrogens (tertiary/aromatic N) is 1. The molecular weight excluding hydrogens is 400 g/mol. The van der Waals surface area contributed by atoms with Gasteiger partial charge in [0.15, 0.2) is 18.1 Å². The van der Waals surface area contributed by atoms with Crippen molar-refractivity contribution in [3.63, 3.8) is 0 Å². The molecule has 3 aromatic rings. The number of hydrogen-bond acceptors (Lipinski definition) is 7. The molecule has 0 saturated carbocycles. The first kappa shape index (κ1) is 20.2. The molecule has 8 nitrogen and oxygen atoms in total. The van der Waals surface area contributed by atoms with E-state index in [-0.39, 0.29) is 24.1 Å². The number of esters is 1. The lowest BCUT2D eigenvalue weighted by Crippen LogP contribution is -2.42. The number of nitrogens with one attached hydrogen (secondary N) is 1. The zero-order valence-corrected chi connectivity index (χ0v) is 16.5.